The Labute approximate surface area is 133 Å². The van der Waals surface area contributed by atoms with Gasteiger partial charge in [-0.3, -0.25) is 0 Å². The molecule has 0 aliphatic rings. The van der Waals surface area contributed by atoms with Crippen LogP contribution in [0.25, 0.3) is 5.69 Å². The van der Waals surface area contributed by atoms with E-state index in [2.05, 4.69) is 10.4 Å². The molecule has 3 aromatic rings. The van der Waals surface area contributed by atoms with Crippen molar-refractivity contribution in [1.82, 2.24) is 15.1 Å². The van der Waals surface area contributed by atoms with Crippen molar-refractivity contribution in [3.8, 4) is 5.69 Å². The Bertz CT molecular complexity index is 784. The summed E-state index contributed by atoms with van der Waals surface area (Å²) in [5.74, 6) is -1.10. The summed E-state index contributed by atoms with van der Waals surface area (Å²) in [4.78, 5) is 0. The van der Waals surface area contributed by atoms with Gasteiger partial charge in [0, 0.05) is 36.0 Å². The summed E-state index contributed by atoms with van der Waals surface area (Å²) in [6.07, 6.45) is 3.70. The highest BCUT2D eigenvalue weighted by Gasteiger charge is 2.11. The van der Waals surface area contributed by atoms with Gasteiger partial charge in [0.15, 0.2) is 0 Å². The minimum Gasteiger partial charge on any atom is -0.306 e. The second-order valence-corrected chi connectivity index (χ2v) is 5.40. The summed E-state index contributed by atoms with van der Waals surface area (Å²) in [5, 5.41) is 7.54. The zero-order valence-electron chi connectivity index (χ0n) is 12.7. The van der Waals surface area contributed by atoms with E-state index in [1.54, 1.807) is 10.9 Å². The number of rotatable bonds is 5. The Balaban J connectivity index is 1.65. The van der Waals surface area contributed by atoms with Gasteiger partial charge >= 0.3 is 0 Å². The topological polar surface area (TPSA) is 29.9 Å². The molecule has 23 heavy (non-hydrogen) atoms. The van der Waals surface area contributed by atoms with E-state index in [-0.39, 0.29) is 6.04 Å². The quantitative estimate of drug-likeness (QED) is 0.771. The monoisotopic (exact) mass is 313 g/mol. The molecule has 118 valence electrons. The molecule has 1 N–H and O–H groups in total. The van der Waals surface area contributed by atoms with Crippen LogP contribution in [0.5, 0.6) is 0 Å². The van der Waals surface area contributed by atoms with E-state index in [4.69, 9.17) is 0 Å². The molecule has 0 spiro atoms. The van der Waals surface area contributed by atoms with E-state index >= 15 is 0 Å². The zero-order chi connectivity index (χ0) is 16.2. The smallest absolute Gasteiger partial charge is 0.130 e. The predicted octanol–water partition coefficient (Wildman–Crippen LogP) is 4.00. The Morgan fingerprint density at radius 2 is 1.91 bits per heavy atom. The molecule has 3 rings (SSSR count). The van der Waals surface area contributed by atoms with Gasteiger partial charge in [0.05, 0.1) is 11.9 Å². The van der Waals surface area contributed by atoms with Crippen molar-refractivity contribution in [1.29, 1.82) is 0 Å². The highest BCUT2D eigenvalue weighted by atomic mass is 19.1. The predicted molar refractivity (Wildman–Crippen MR) is 85.2 cm³/mol. The molecular weight excluding hydrogens is 296 g/mol. The Morgan fingerprint density at radius 3 is 2.65 bits per heavy atom. The minimum absolute atomic E-state index is 0.226. The maximum absolute atomic E-state index is 13.8. The first-order valence-corrected chi connectivity index (χ1v) is 7.41. The lowest BCUT2D eigenvalue weighted by Gasteiger charge is -2.14. The number of benzene rings is 2. The number of nitrogens with one attached hydrogen (secondary N) is 1. The molecule has 5 heteroatoms. The molecule has 0 radical (unpaired) electrons. The third-order valence-electron chi connectivity index (χ3n) is 3.70. The van der Waals surface area contributed by atoms with E-state index in [0.717, 1.165) is 17.3 Å². The molecule has 2 aromatic carbocycles. The molecule has 0 fully saturated rings. The molecular formula is C18H17F2N3. The number of hydrogen-bond donors (Lipinski definition) is 1. The summed E-state index contributed by atoms with van der Waals surface area (Å²) in [5.41, 5.74) is 2.42. The lowest BCUT2D eigenvalue weighted by atomic mass is 10.1. The van der Waals surface area contributed by atoms with Gasteiger partial charge in [-0.15, -0.1) is 0 Å². The second-order valence-electron chi connectivity index (χ2n) is 5.40. The standard InChI is InChI=1S/C18H17F2N3/c1-13(17-8-7-15(19)9-18(17)20)21-10-14-11-22-23(12-14)16-5-3-2-4-6-16/h2-9,11-13,21H,10H2,1H3/t13-/m1/s1. The molecule has 0 saturated heterocycles. The van der Waals surface area contributed by atoms with Gasteiger partial charge in [0.1, 0.15) is 11.6 Å². The van der Waals surface area contributed by atoms with Crippen LogP contribution in [0, 0.1) is 11.6 Å². The van der Waals surface area contributed by atoms with E-state index in [1.165, 1.54) is 12.1 Å². The fourth-order valence-corrected chi connectivity index (χ4v) is 2.41. The highest BCUT2D eigenvalue weighted by Crippen LogP contribution is 2.18. The van der Waals surface area contributed by atoms with E-state index < -0.39 is 11.6 Å². The average molecular weight is 313 g/mol. The van der Waals surface area contributed by atoms with Gasteiger partial charge in [-0.1, -0.05) is 24.3 Å². The van der Waals surface area contributed by atoms with Crippen molar-refractivity contribution in [2.75, 3.05) is 0 Å². The summed E-state index contributed by atoms with van der Waals surface area (Å²) in [6.45, 7) is 2.39. The van der Waals surface area contributed by atoms with Crippen LogP contribution in [0.3, 0.4) is 0 Å². The summed E-state index contributed by atoms with van der Waals surface area (Å²) < 4.78 is 28.5. The highest BCUT2D eigenvalue weighted by molar-refractivity contribution is 5.31. The molecule has 0 bridgehead atoms. The molecule has 0 unspecified atom stereocenters. The largest absolute Gasteiger partial charge is 0.306 e. The van der Waals surface area contributed by atoms with Crippen LogP contribution in [0.4, 0.5) is 8.78 Å². The van der Waals surface area contributed by atoms with Gasteiger partial charge in [0.25, 0.3) is 0 Å². The van der Waals surface area contributed by atoms with Crippen LogP contribution in [-0.4, -0.2) is 9.78 Å². The first-order valence-electron chi connectivity index (χ1n) is 7.41. The minimum atomic E-state index is -0.567. The lowest BCUT2D eigenvalue weighted by Crippen LogP contribution is -2.19. The van der Waals surface area contributed by atoms with Crippen molar-refractivity contribution in [3.05, 3.63) is 83.7 Å². The molecule has 0 amide bonds. The zero-order valence-corrected chi connectivity index (χ0v) is 12.7. The second kappa shape index (κ2) is 6.71. The van der Waals surface area contributed by atoms with E-state index in [9.17, 15) is 8.78 Å². The SMILES string of the molecule is C[C@@H](NCc1cnn(-c2ccccc2)c1)c1ccc(F)cc1F. The van der Waals surface area contributed by atoms with Crippen LogP contribution in [-0.2, 0) is 6.54 Å². The number of hydrogen-bond acceptors (Lipinski definition) is 2. The molecule has 0 aliphatic heterocycles. The fourth-order valence-electron chi connectivity index (χ4n) is 2.41. The molecule has 1 aromatic heterocycles. The number of halogens is 2. The van der Waals surface area contributed by atoms with Crippen molar-refractivity contribution < 1.29 is 8.78 Å². The number of nitrogens with zero attached hydrogens (tertiary/aromatic N) is 2. The first-order chi connectivity index (χ1) is 11.1. The summed E-state index contributed by atoms with van der Waals surface area (Å²) >= 11 is 0. The van der Waals surface area contributed by atoms with Gasteiger partial charge in [0.2, 0.25) is 0 Å². The maximum atomic E-state index is 13.8. The van der Waals surface area contributed by atoms with Crippen molar-refractivity contribution >= 4 is 0 Å². The van der Waals surface area contributed by atoms with E-state index in [0.29, 0.717) is 12.1 Å². The fraction of sp³-hybridized carbons (Fsp3) is 0.167. The van der Waals surface area contributed by atoms with Crippen molar-refractivity contribution in [2.45, 2.75) is 19.5 Å². The van der Waals surface area contributed by atoms with Gasteiger partial charge < -0.3 is 5.32 Å². The summed E-state index contributed by atoms with van der Waals surface area (Å²) in [7, 11) is 0. The van der Waals surface area contributed by atoms with Crippen LogP contribution in [0.2, 0.25) is 0 Å². The molecule has 3 nitrogen and oxygen atoms in total. The van der Waals surface area contributed by atoms with Crippen LogP contribution < -0.4 is 5.32 Å². The third-order valence-corrected chi connectivity index (χ3v) is 3.70. The normalized spacial score (nSPS) is 12.3. The van der Waals surface area contributed by atoms with Gasteiger partial charge in [-0.05, 0) is 25.1 Å². The Morgan fingerprint density at radius 1 is 1.13 bits per heavy atom. The van der Waals surface area contributed by atoms with Crippen LogP contribution in [0.15, 0.2) is 60.9 Å². The molecule has 0 saturated carbocycles. The van der Waals surface area contributed by atoms with E-state index in [1.807, 2.05) is 43.5 Å². The first kappa shape index (κ1) is 15.4. The van der Waals surface area contributed by atoms with Gasteiger partial charge in [-0.2, -0.15) is 5.10 Å². The van der Waals surface area contributed by atoms with Crippen molar-refractivity contribution in [3.63, 3.8) is 0 Å². The molecule has 1 atom stereocenters. The lowest BCUT2D eigenvalue weighted by molar-refractivity contribution is 0.518. The van der Waals surface area contributed by atoms with Gasteiger partial charge in [-0.25, -0.2) is 13.5 Å². The van der Waals surface area contributed by atoms with Crippen LogP contribution >= 0.6 is 0 Å². The maximum Gasteiger partial charge on any atom is 0.130 e. The number of aromatic nitrogens is 2. The Hall–Kier alpha value is -2.53. The Kier molecular flexibility index (Phi) is 4.48. The number of para-hydroxylation sites is 1. The van der Waals surface area contributed by atoms with Crippen molar-refractivity contribution in [2.24, 2.45) is 0 Å². The molecule has 1 heterocycles. The average Bonchev–Trinajstić information content (AvgIpc) is 3.02. The third kappa shape index (κ3) is 3.63. The van der Waals surface area contributed by atoms with Crippen LogP contribution in [0.1, 0.15) is 24.1 Å². The summed E-state index contributed by atoms with van der Waals surface area (Å²) in [6, 6.07) is 13.2. The molecule has 0 aliphatic carbocycles.